The Balaban J connectivity index is 1.74. The van der Waals surface area contributed by atoms with Crippen molar-refractivity contribution in [3.8, 4) is 5.75 Å². The van der Waals surface area contributed by atoms with Crippen LogP contribution < -0.4 is 10.1 Å². The summed E-state index contributed by atoms with van der Waals surface area (Å²) >= 11 is 0. The van der Waals surface area contributed by atoms with Crippen LogP contribution >= 0.6 is 0 Å². The van der Waals surface area contributed by atoms with E-state index < -0.39 is 24.2 Å². The number of aliphatic hydroxyl groups excluding tert-OH is 2. The normalized spacial score (nSPS) is 23.0. The van der Waals surface area contributed by atoms with Crippen molar-refractivity contribution >= 4 is 11.8 Å². The largest absolute Gasteiger partial charge is 0.486 e. The first-order chi connectivity index (χ1) is 16.0. The summed E-state index contributed by atoms with van der Waals surface area (Å²) in [6, 6.07) is 8.33. The third-order valence-electron chi connectivity index (χ3n) is 6.05. The molecule has 2 aromatic rings. The number of nitrogens with one attached hydrogen (secondary N) is 1. The number of carbonyl (C=O) groups excluding carboxylic acids is 2. The summed E-state index contributed by atoms with van der Waals surface area (Å²) in [5.41, 5.74) is 1.98. The molecule has 1 aliphatic carbocycles. The van der Waals surface area contributed by atoms with Gasteiger partial charge < -0.3 is 29.6 Å². The summed E-state index contributed by atoms with van der Waals surface area (Å²) in [5, 5.41) is 23.3. The first-order valence-corrected chi connectivity index (χ1v) is 11.0. The molecular weight excluding hydrogens is 424 g/mol. The van der Waals surface area contributed by atoms with Crippen LogP contribution in [-0.2, 0) is 16.1 Å². The van der Waals surface area contributed by atoms with Crippen molar-refractivity contribution in [3.63, 3.8) is 0 Å². The third-order valence-corrected chi connectivity index (χ3v) is 6.05. The fourth-order valence-electron chi connectivity index (χ4n) is 4.50. The van der Waals surface area contributed by atoms with Crippen molar-refractivity contribution in [1.82, 2.24) is 10.2 Å². The molecule has 33 heavy (non-hydrogen) atoms. The van der Waals surface area contributed by atoms with Crippen LogP contribution in [0, 0.1) is 0 Å². The molecule has 8 nitrogen and oxygen atoms in total. The van der Waals surface area contributed by atoms with E-state index in [2.05, 4.69) is 11.9 Å². The number of nitrogens with zero attached hydrogens (tertiary/aromatic N) is 1. The molecule has 2 aliphatic rings. The second kappa shape index (κ2) is 10.1. The molecule has 0 fully saturated rings. The number of fused-ring (bicyclic) bond motifs is 3. The van der Waals surface area contributed by atoms with Gasteiger partial charge in [-0.05, 0) is 24.6 Å². The van der Waals surface area contributed by atoms with Crippen molar-refractivity contribution in [2.45, 2.75) is 43.6 Å². The lowest BCUT2D eigenvalue weighted by molar-refractivity contribution is -0.138. The number of aliphatic hydroxyl groups is 2. The Morgan fingerprint density at radius 2 is 2.06 bits per heavy atom. The molecule has 0 bridgehead atoms. The van der Waals surface area contributed by atoms with Gasteiger partial charge >= 0.3 is 0 Å². The second-order valence-electron chi connectivity index (χ2n) is 8.16. The van der Waals surface area contributed by atoms with E-state index in [1.807, 2.05) is 18.2 Å². The molecule has 174 valence electrons. The van der Waals surface area contributed by atoms with Gasteiger partial charge in [0, 0.05) is 36.2 Å². The zero-order valence-electron chi connectivity index (χ0n) is 18.2. The van der Waals surface area contributed by atoms with Crippen molar-refractivity contribution < 1.29 is 29.0 Å². The molecule has 0 radical (unpaired) electrons. The monoisotopic (exact) mass is 452 g/mol. The van der Waals surface area contributed by atoms with E-state index in [0.29, 0.717) is 17.7 Å². The fraction of sp³-hybridized carbons (Fsp3) is 0.360. The highest BCUT2D eigenvalue weighted by Crippen LogP contribution is 2.47. The minimum Gasteiger partial charge on any atom is -0.486 e. The molecule has 1 aromatic heterocycles. The van der Waals surface area contributed by atoms with Crippen LogP contribution in [0.3, 0.4) is 0 Å². The number of ether oxygens (including phenoxy) is 1. The number of carbonyl (C=O) groups is 2. The highest BCUT2D eigenvalue weighted by atomic mass is 16.5. The van der Waals surface area contributed by atoms with Crippen LogP contribution in [-0.4, -0.2) is 58.3 Å². The smallest absolute Gasteiger partial charge is 0.247 e. The van der Waals surface area contributed by atoms with Crippen LogP contribution in [0.2, 0.25) is 0 Å². The number of para-hydroxylation sites is 1. The van der Waals surface area contributed by atoms with E-state index >= 15 is 0 Å². The average Bonchev–Trinajstić information content (AvgIpc) is 3.48. The Morgan fingerprint density at radius 1 is 1.24 bits per heavy atom. The minimum absolute atomic E-state index is 0.0975. The van der Waals surface area contributed by atoms with Gasteiger partial charge in [-0.3, -0.25) is 9.59 Å². The highest BCUT2D eigenvalue weighted by Gasteiger charge is 2.50. The first kappa shape index (κ1) is 22.8. The van der Waals surface area contributed by atoms with E-state index in [-0.39, 0.29) is 37.9 Å². The van der Waals surface area contributed by atoms with E-state index in [9.17, 15) is 19.8 Å². The predicted octanol–water partition coefficient (Wildman–Crippen LogP) is 1.90. The summed E-state index contributed by atoms with van der Waals surface area (Å²) in [7, 11) is 0. The maximum absolute atomic E-state index is 13.2. The van der Waals surface area contributed by atoms with Crippen LogP contribution in [0.1, 0.15) is 29.9 Å². The number of furan rings is 1. The number of rotatable bonds is 9. The topological polar surface area (TPSA) is 112 Å². The Morgan fingerprint density at radius 3 is 2.79 bits per heavy atom. The highest BCUT2D eigenvalue weighted by molar-refractivity contribution is 5.96. The van der Waals surface area contributed by atoms with Crippen molar-refractivity contribution in [1.29, 1.82) is 0 Å². The lowest BCUT2D eigenvalue weighted by Crippen LogP contribution is -2.55. The second-order valence-corrected chi connectivity index (χ2v) is 8.16. The molecular formula is C25H28N2O6. The molecule has 0 saturated carbocycles. The summed E-state index contributed by atoms with van der Waals surface area (Å²) in [6.45, 7) is 3.80. The van der Waals surface area contributed by atoms with Crippen LogP contribution in [0.25, 0.3) is 0 Å². The molecule has 1 aromatic carbocycles. The fourth-order valence-corrected chi connectivity index (χ4v) is 4.50. The Kier molecular flexibility index (Phi) is 6.96. The lowest BCUT2D eigenvalue weighted by Gasteiger charge is -2.40. The Bertz CT molecular complexity index is 1030. The molecule has 8 heteroatoms. The zero-order chi connectivity index (χ0) is 23.4. The number of hydrogen-bond donors (Lipinski definition) is 3. The Labute approximate surface area is 192 Å². The summed E-state index contributed by atoms with van der Waals surface area (Å²) in [6.07, 6.45) is 5.33. The third kappa shape index (κ3) is 4.58. The molecule has 2 amide bonds. The average molecular weight is 453 g/mol. The summed E-state index contributed by atoms with van der Waals surface area (Å²) in [4.78, 5) is 27.8. The molecule has 3 N–H and O–H groups in total. The summed E-state index contributed by atoms with van der Waals surface area (Å²) < 4.78 is 11.3. The number of amides is 2. The van der Waals surface area contributed by atoms with Crippen molar-refractivity contribution in [3.05, 3.63) is 78.3 Å². The Hall–Kier alpha value is -3.36. The van der Waals surface area contributed by atoms with Crippen LogP contribution in [0.4, 0.5) is 0 Å². The zero-order valence-corrected chi connectivity index (χ0v) is 18.2. The quantitative estimate of drug-likeness (QED) is 0.501. The summed E-state index contributed by atoms with van der Waals surface area (Å²) in [5.74, 6) is -0.420. The molecule has 4 rings (SSSR count). The van der Waals surface area contributed by atoms with Crippen molar-refractivity contribution in [2.24, 2.45) is 0 Å². The lowest BCUT2D eigenvalue weighted by atomic mass is 9.77. The molecule has 4 atom stereocenters. The van der Waals surface area contributed by atoms with Gasteiger partial charge in [-0.25, -0.2) is 0 Å². The SMILES string of the molecule is C=CCCC(=O)N(Cc1ccoc1)C1C=C(C(=O)NCCO)C2c3ccccc3OC2C1O. The maximum atomic E-state index is 13.2. The van der Waals surface area contributed by atoms with Gasteiger partial charge in [0.2, 0.25) is 11.8 Å². The number of benzene rings is 1. The number of hydrogen-bond acceptors (Lipinski definition) is 6. The van der Waals surface area contributed by atoms with Gasteiger partial charge in [0.15, 0.2) is 0 Å². The van der Waals surface area contributed by atoms with Gasteiger partial charge in [0.05, 0.1) is 31.1 Å². The first-order valence-electron chi connectivity index (χ1n) is 11.0. The van der Waals surface area contributed by atoms with Crippen LogP contribution in [0.15, 0.2) is 71.6 Å². The molecule has 0 saturated heterocycles. The standard InChI is InChI=1S/C25H28N2O6/c1-2-3-8-21(29)27(14-16-9-12-32-15-16)19-13-18(25(31)26-10-11-28)22-17-6-4-5-7-20(17)33-24(22)23(19)30/h2,4-7,9,12-13,15,19,22-24,28,30H,1,3,8,10-11,14H2,(H,26,31). The van der Waals surface area contributed by atoms with E-state index in [4.69, 9.17) is 9.15 Å². The van der Waals surface area contributed by atoms with Gasteiger partial charge in [-0.2, -0.15) is 0 Å². The van der Waals surface area contributed by atoms with Crippen molar-refractivity contribution in [2.75, 3.05) is 13.2 Å². The van der Waals surface area contributed by atoms with Crippen LogP contribution in [0.5, 0.6) is 5.75 Å². The van der Waals surface area contributed by atoms with Gasteiger partial charge in [0.25, 0.3) is 0 Å². The molecule has 2 heterocycles. The van der Waals surface area contributed by atoms with E-state index in [1.54, 1.807) is 35.4 Å². The molecule has 0 spiro atoms. The van der Waals surface area contributed by atoms with Gasteiger partial charge in [0.1, 0.15) is 18.0 Å². The van der Waals surface area contributed by atoms with E-state index in [1.165, 1.54) is 6.26 Å². The van der Waals surface area contributed by atoms with E-state index in [0.717, 1.165) is 11.1 Å². The molecule has 1 aliphatic heterocycles. The van der Waals surface area contributed by atoms with Gasteiger partial charge in [-0.15, -0.1) is 6.58 Å². The maximum Gasteiger partial charge on any atom is 0.247 e. The minimum atomic E-state index is -1.06. The van der Waals surface area contributed by atoms with Gasteiger partial charge in [-0.1, -0.05) is 24.3 Å². The number of allylic oxidation sites excluding steroid dienone is 1. The molecule has 4 unspecified atom stereocenters. The predicted molar refractivity (Wildman–Crippen MR) is 120 cm³/mol.